The van der Waals surface area contributed by atoms with Crippen LogP contribution in [0.1, 0.15) is 5.56 Å². The molecule has 0 bridgehead atoms. The van der Waals surface area contributed by atoms with Crippen molar-refractivity contribution in [3.8, 4) is 17.2 Å². The molecule has 0 N–H and O–H groups in total. The third-order valence-corrected chi connectivity index (χ3v) is 2.71. The Morgan fingerprint density at radius 1 is 1.06 bits per heavy atom. The Bertz CT molecular complexity index is 624. The Labute approximate surface area is 103 Å². The molecule has 1 aliphatic heterocycles. The van der Waals surface area contributed by atoms with Gasteiger partial charge in [0.05, 0.1) is 4.92 Å². The zero-order chi connectivity index (χ0) is 12.5. The summed E-state index contributed by atoms with van der Waals surface area (Å²) in [4.78, 5) is 10.3. The van der Waals surface area contributed by atoms with Crippen molar-refractivity contribution >= 4 is 5.69 Å². The van der Waals surface area contributed by atoms with Gasteiger partial charge in [0.2, 0.25) is 0 Å². The fraction of sp³-hybridized carbons (Fsp3) is 0.0769. The lowest BCUT2D eigenvalue weighted by molar-refractivity contribution is -0.385. The number of nitro groups is 1. The van der Waals surface area contributed by atoms with E-state index < -0.39 is 4.92 Å². The number of non-ortho nitro benzene ring substituents is 1. The van der Waals surface area contributed by atoms with E-state index >= 15 is 0 Å². The molecular formula is C13H9NO4. The summed E-state index contributed by atoms with van der Waals surface area (Å²) in [5, 5.41) is 10.7. The van der Waals surface area contributed by atoms with Crippen molar-refractivity contribution in [3.63, 3.8) is 0 Å². The van der Waals surface area contributed by atoms with Gasteiger partial charge in [-0.05, 0) is 18.2 Å². The van der Waals surface area contributed by atoms with Crippen molar-refractivity contribution in [1.29, 1.82) is 0 Å². The van der Waals surface area contributed by atoms with E-state index in [9.17, 15) is 10.1 Å². The van der Waals surface area contributed by atoms with Crippen LogP contribution in [0.2, 0.25) is 0 Å². The van der Waals surface area contributed by atoms with Crippen LogP contribution < -0.4 is 9.47 Å². The number of nitrogens with zero attached hydrogens (tertiary/aromatic N) is 1. The molecule has 2 aromatic carbocycles. The van der Waals surface area contributed by atoms with Crippen LogP contribution in [0.4, 0.5) is 5.69 Å². The quantitative estimate of drug-likeness (QED) is 0.569. The van der Waals surface area contributed by atoms with Gasteiger partial charge >= 0.3 is 0 Å². The third kappa shape index (κ3) is 1.75. The molecule has 0 aliphatic carbocycles. The number of benzene rings is 2. The minimum atomic E-state index is -0.432. The van der Waals surface area contributed by atoms with Crippen LogP contribution in [-0.2, 0) is 6.61 Å². The van der Waals surface area contributed by atoms with Gasteiger partial charge in [-0.2, -0.15) is 0 Å². The molecule has 3 rings (SSSR count). The van der Waals surface area contributed by atoms with Crippen LogP contribution in [0.25, 0.3) is 0 Å². The molecular weight excluding hydrogens is 234 g/mol. The second kappa shape index (κ2) is 4.03. The van der Waals surface area contributed by atoms with E-state index in [0.717, 1.165) is 0 Å². The topological polar surface area (TPSA) is 61.6 Å². The maximum atomic E-state index is 10.7. The fourth-order valence-electron chi connectivity index (χ4n) is 1.82. The zero-order valence-electron chi connectivity index (χ0n) is 9.33. The molecule has 1 aliphatic rings. The first-order valence-electron chi connectivity index (χ1n) is 5.41. The van der Waals surface area contributed by atoms with E-state index in [1.54, 1.807) is 18.2 Å². The van der Waals surface area contributed by atoms with Gasteiger partial charge in [0.15, 0.2) is 11.5 Å². The van der Waals surface area contributed by atoms with E-state index in [4.69, 9.17) is 9.47 Å². The highest BCUT2D eigenvalue weighted by atomic mass is 16.6. The number of para-hydroxylation sites is 2. The van der Waals surface area contributed by atoms with Crippen molar-refractivity contribution in [2.45, 2.75) is 6.61 Å². The van der Waals surface area contributed by atoms with Crippen LogP contribution in [-0.4, -0.2) is 4.92 Å². The lowest BCUT2D eigenvalue weighted by Crippen LogP contribution is -1.95. The molecule has 0 unspecified atom stereocenters. The molecule has 5 heteroatoms. The summed E-state index contributed by atoms with van der Waals surface area (Å²) in [5.74, 6) is 1.84. The normalized spacial score (nSPS) is 12.4. The Kier molecular flexibility index (Phi) is 2.37. The molecule has 0 amide bonds. The molecule has 0 saturated heterocycles. The highest BCUT2D eigenvalue weighted by molar-refractivity contribution is 5.50. The van der Waals surface area contributed by atoms with Crippen LogP contribution in [0.3, 0.4) is 0 Å². The number of hydrogen-bond donors (Lipinski definition) is 0. The maximum absolute atomic E-state index is 10.7. The smallest absolute Gasteiger partial charge is 0.270 e. The average Bonchev–Trinajstić information content (AvgIpc) is 2.56. The summed E-state index contributed by atoms with van der Waals surface area (Å²) in [7, 11) is 0. The number of fused-ring (bicyclic) bond motifs is 2. The van der Waals surface area contributed by atoms with E-state index in [1.807, 2.05) is 12.1 Å². The van der Waals surface area contributed by atoms with Gasteiger partial charge in [-0.25, -0.2) is 0 Å². The summed E-state index contributed by atoms with van der Waals surface area (Å²) in [6.07, 6.45) is 0. The van der Waals surface area contributed by atoms with Gasteiger partial charge in [0, 0.05) is 17.7 Å². The molecule has 1 heterocycles. The molecule has 0 spiro atoms. The van der Waals surface area contributed by atoms with Crippen molar-refractivity contribution < 1.29 is 14.4 Å². The zero-order valence-corrected chi connectivity index (χ0v) is 9.33. The molecule has 2 aromatic rings. The Morgan fingerprint density at radius 3 is 2.61 bits per heavy atom. The molecule has 0 saturated carbocycles. The number of hydrogen-bond acceptors (Lipinski definition) is 4. The molecule has 90 valence electrons. The van der Waals surface area contributed by atoms with Crippen LogP contribution in [0, 0.1) is 10.1 Å². The fourth-order valence-corrected chi connectivity index (χ4v) is 1.82. The van der Waals surface area contributed by atoms with Crippen molar-refractivity contribution in [3.05, 3.63) is 58.1 Å². The molecule has 0 aromatic heterocycles. The molecule has 5 nitrogen and oxygen atoms in total. The van der Waals surface area contributed by atoms with Crippen LogP contribution in [0.5, 0.6) is 17.2 Å². The van der Waals surface area contributed by atoms with Crippen molar-refractivity contribution in [2.24, 2.45) is 0 Å². The average molecular weight is 243 g/mol. The van der Waals surface area contributed by atoms with Crippen LogP contribution >= 0.6 is 0 Å². The second-order valence-corrected chi connectivity index (χ2v) is 3.89. The van der Waals surface area contributed by atoms with Gasteiger partial charge in [0.25, 0.3) is 5.69 Å². The van der Waals surface area contributed by atoms with Gasteiger partial charge in [-0.3, -0.25) is 10.1 Å². The number of rotatable bonds is 1. The summed E-state index contributed by atoms with van der Waals surface area (Å²) < 4.78 is 11.3. The van der Waals surface area contributed by atoms with Gasteiger partial charge in [-0.15, -0.1) is 0 Å². The molecule has 0 atom stereocenters. The van der Waals surface area contributed by atoms with E-state index in [-0.39, 0.29) is 12.3 Å². The first kappa shape index (κ1) is 10.6. The summed E-state index contributed by atoms with van der Waals surface area (Å²) >= 11 is 0. The van der Waals surface area contributed by atoms with E-state index in [0.29, 0.717) is 22.8 Å². The lowest BCUT2D eigenvalue weighted by atomic mass is 10.2. The monoisotopic (exact) mass is 243 g/mol. The lowest BCUT2D eigenvalue weighted by Gasteiger charge is -2.06. The predicted octanol–water partition coefficient (Wildman–Crippen LogP) is 3.28. The van der Waals surface area contributed by atoms with Gasteiger partial charge in [-0.1, -0.05) is 12.1 Å². The summed E-state index contributed by atoms with van der Waals surface area (Å²) in [6.45, 7) is 0.258. The third-order valence-electron chi connectivity index (χ3n) is 2.71. The molecule has 18 heavy (non-hydrogen) atoms. The highest BCUT2D eigenvalue weighted by Crippen LogP contribution is 2.38. The minimum Gasteiger partial charge on any atom is -0.485 e. The maximum Gasteiger partial charge on any atom is 0.270 e. The Morgan fingerprint density at radius 2 is 1.83 bits per heavy atom. The van der Waals surface area contributed by atoms with Gasteiger partial charge < -0.3 is 9.47 Å². The van der Waals surface area contributed by atoms with Crippen LogP contribution in [0.15, 0.2) is 42.5 Å². The standard InChI is InChI=1S/C13H9NO4/c15-14(16)10-5-6-11-9(7-10)8-17-12-3-1-2-4-13(12)18-11/h1-7H,8H2. The first-order valence-corrected chi connectivity index (χ1v) is 5.41. The van der Waals surface area contributed by atoms with E-state index in [2.05, 4.69) is 0 Å². The minimum absolute atomic E-state index is 0.0342. The Balaban J connectivity index is 2.04. The highest BCUT2D eigenvalue weighted by Gasteiger charge is 2.18. The largest absolute Gasteiger partial charge is 0.485 e. The van der Waals surface area contributed by atoms with Crippen molar-refractivity contribution in [1.82, 2.24) is 0 Å². The first-order chi connectivity index (χ1) is 8.74. The summed E-state index contributed by atoms with van der Waals surface area (Å²) in [5.41, 5.74) is 0.701. The van der Waals surface area contributed by atoms with Gasteiger partial charge in [0.1, 0.15) is 12.4 Å². The molecule has 0 radical (unpaired) electrons. The molecule has 0 fully saturated rings. The summed E-state index contributed by atoms with van der Waals surface area (Å²) in [6, 6.07) is 11.8. The predicted molar refractivity (Wildman–Crippen MR) is 63.9 cm³/mol. The number of nitro benzene ring substituents is 1. The second-order valence-electron chi connectivity index (χ2n) is 3.89. The Hall–Kier alpha value is -2.56. The SMILES string of the molecule is O=[N+]([O-])c1ccc2c(c1)COc1ccccc1O2. The van der Waals surface area contributed by atoms with Crippen molar-refractivity contribution in [2.75, 3.05) is 0 Å². The van der Waals surface area contributed by atoms with E-state index in [1.165, 1.54) is 12.1 Å². The number of ether oxygens (including phenoxy) is 2.